The highest BCUT2D eigenvalue weighted by Crippen LogP contribution is 2.16. The zero-order valence-electron chi connectivity index (χ0n) is 11.5. The molecule has 0 aromatic carbocycles. The predicted molar refractivity (Wildman–Crippen MR) is 65.8 cm³/mol. The van der Waals surface area contributed by atoms with E-state index in [2.05, 4.69) is 5.92 Å². The third kappa shape index (κ3) is 6.46. The average Bonchev–Trinajstić information content (AvgIpc) is 2.29. The van der Waals surface area contributed by atoms with Crippen LogP contribution in [0.15, 0.2) is 0 Å². The number of terminal acetylenes is 1. The number of esters is 3. The van der Waals surface area contributed by atoms with Crippen LogP contribution in [-0.4, -0.2) is 36.2 Å². The fourth-order valence-electron chi connectivity index (χ4n) is 1.49. The van der Waals surface area contributed by atoms with Gasteiger partial charge >= 0.3 is 17.9 Å². The van der Waals surface area contributed by atoms with Crippen molar-refractivity contribution in [2.45, 2.75) is 52.4 Å². The van der Waals surface area contributed by atoms with Crippen molar-refractivity contribution in [2.75, 3.05) is 0 Å². The molecule has 0 N–H and O–H groups in total. The van der Waals surface area contributed by atoms with Gasteiger partial charge in [0.15, 0.2) is 6.10 Å². The minimum Gasteiger partial charge on any atom is -0.458 e. The van der Waals surface area contributed by atoms with Crippen molar-refractivity contribution in [2.24, 2.45) is 0 Å². The zero-order valence-corrected chi connectivity index (χ0v) is 11.5. The van der Waals surface area contributed by atoms with Crippen LogP contribution in [0, 0.1) is 12.3 Å². The molecule has 0 spiro atoms. The molecule has 0 rings (SSSR count). The summed E-state index contributed by atoms with van der Waals surface area (Å²) in [6, 6.07) is 0. The summed E-state index contributed by atoms with van der Waals surface area (Å²) in [5.74, 6) is 0.455. The second-order valence-corrected chi connectivity index (χ2v) is 3.83. The van der Waals surface area contributed by atoms with Crippen LogP contribution in [0.1, 0.15) is 34.1 Å². The maximum absolute atomic E-state index is 11.1. The van der Waals surface area contributed by atoms with Gasteiger partial charge in [0.2, 0.25) is 6.10 Å². The highest BCUT2D eigenvalue weighted by atomic mass is 16.6. The molecule has 6 heteroatoms. The predicted octanol–water partition coefficient (Wildman–Crippen LogP) is 0.825. The molecule has 0 aliphatic rings. The molecule has 0 heterocycles. The molecule has 3 atom stereocenters. The molecule has 0 unspecified atom stereocenters. The van der Waals surface area contributed by atoms with E-state index in [-0.39, 0.29) is 0 Å². The second-order valence-electron chi connectivity index (χ2n) is 3.83. The summed E-state index contributed by atoms with van der Waals surface area (Å²) in [5.41, 5.74) is 0. The third-order valence-electron chi connectivity index (χ3n) is 2.14. The molecule has 0 aromatic rings. The summed E-state index contributed by atoms with van der Waals surface area (Å²) in [7, 11) is 0. The summed E-state index contributed by atoms with van der Waals surface area (Å²) >= 11 is 0. The summed E-state index contributed by atoms with van der Waals surface area (Å²) < 4.78 is 14.9. The lowest BCUT2D eigenvalue weighted by Crippen LogP contribution is -2.44. The minimum atomic E-state index is -1.11. The quantitative estimate of drug-likeness (QED) is 0.404. The molecule has 0 radical (unpaired) electrons. The van der Waals surface area contributed by atoms with Gasteiger partial charge in [-0.2, -0.15) is 0 Å². The Hall–Kier alpha value is -2.03. The van der Waals surface area contributed by atoms with Gasteiger partial charge < -0.3 is 14.2 Å². The molecule has 0 fully saturated rings. The average molecular weight is 270 g/mol. The summed E-state index contributed by atoms with van der Waals surface area (Å²) in [4.78, 5) is 33.1. The third-order valence-corrected chi connectivity index (χ3v) is 2.14. The Balaban J connectivity index is 5.13. The molecule has 6 nitrogen and oxygen atoms in total. The van der Waals surface area contributed by atoms with Crippen molar-refractivity contribution in [3.8, 4) is 12.3 Å². The van der Waals surface area contributed by atoms with E-state index >= 15 is 0 Å². The molecular formula is C13H18O6. The SMILES string of the molecule is C#C[C@H](OC(C)=O)[C@H](OC(C)=O)[C@H](CC)OC(C)=O. The smallest absolute Gasteiger partial charge is 0.304 e. The summed E-state index contributed by atoms with van der Waals surface area (Å²) in [5, 5.41) is 0. The Morgan fingerprint density at radius 1 is 1.00 bits per heavy atom. The van der Waals surface area contributed by atoms with Crippen LogP contribution in [-0.2, 0) is 28.6 Å². The van der Waals surface area contributed by atoms with Crippen LogP contribution < -0.4 is 0 Å². The lowest BCUT2D eigenvalue weighted by atomic mass is 10.1. The van der Waals surface area contributed by atoms with Crippen molar-refractivity contribution in [3.05, 3.63) is 0 Å². The summed E-state index contributed by atoms with van der Waals surface area (Å²) in [6.45, 7) is 5.33. The number of rotatable bonds is 6. The van der Waals surface area contributed by atoms with Gasteiger partial charge in [0.1, 0.15) is 6.10 Å². The fraction of sp³-hybridized carbons (Fsp3) is 0.615. The highest BCUT2D eigenvalue weighted by molar-refractivity contribution is 5.68. The maximum atomic E-state index is 11.1. The van der Waals surface area contributed by atoms with Crippen LogP contribution in [0.2, 0.25) is 0 Å². The van der Waals surface area contributed by atoms with E-state index in [0.717, 1.165) is 0 Å². The Labute approximate surface area is 112 Å². The van der Waals surface area contributed by atoms with E-state index < -0.39 is 36.2 Å². The van der Waals surface area contributed by atoms with Crippen molar-refractivity contribution >= 4 is 17.9 Å². The molecule has 106 valence electrons. The number of hydrogen-bond acceptors (Lipinski definition) is 6. The molecule has 0 aromatic heterocycles. The molecule has 0 amide bonds. The highest BCUT2D eigenvalue weighted by Gasteiger charge is 2.34. The van der Waals surface area contributed by atoms with Gasteiger partial charge in [-0.3, -0.25) is 14.4 Å². The maximum Gasteiger partial charge on any atom is 0.304 e. The molecular weight excluding hydrogens is 252 g/mol. The van der Waals surface area contributed by atoms with Crippen molar-refractivity contribution in [1.29, 1.82) is 0 Å². The van der Waals surface area contributed by atoms with Crippen LogP contribution in [0.3, 0.4) is 0 Å². The van der Waals surface area contributed by atoms with Crippen molar-refractivity contribution in [1.82, 2.24) is 0 Å². The molecule has 0 aliphatic heterocycles. The molecule has 0 aliphatic carbocycles. The number of ether oxygens (including phenoxy) is 3. The first-order valence-electron chi connectivity index (χ1n) is 5.79. The Kier molecular flexibility index (Phi) is 7.27. The van der Waals surface area contributed by atoms with E-state index in [1.54, 1.807) is 6.92 Å². The van der Waals surface area contributed by atoms with Crippen molar-refractivity contribution in [3.63, 3.8) is 0 Å². The fourth-order valence-corrected chi connectivity index (χ4v) is 1.49. The first-order valence-corrected chi connectivity index (χ1v) is 5.79. The van der Waals surface area contributed by atoms with E-state index in [0.29, 0.717) is 6.42 Å². The topological polar surface area (TPSA) is 78.9 Å². The monoisotopic (exact) mass is 270 g/mol. The first-order chi connectivity index (χ1) is 8.81. The van der Waals surface area contributed by atoms with E-state index in [4.69, 9.17) is 20.6 Å². The Bertz CT molecular complexity index is 381. The second kappa shape index (κ2) is 8.14. The Morgan fingerprint density at radius 2 is 1.47 bits per heavy atom. The van der Waals surface area contributed by atoms with Crippen molar-refractivity contribution < 1.29 is 28.6 Å². The molecule has 0 bridgehead atoms. The zero-order chi connectivity index (χ0) is 15.0. The van der Waals surface area contributed by atoms with E-state index in [1.807, 2.05) is 0 Å². The number of hydrogen-bond donors (Lipinski definition) is 0. The van der Waals surface area contributed by atoms with E-state index in [9.17, 15) is 14.4 Å². The first kappa shape index (κ1) is 17.0. The van der Waals surface area contributed by atoms with Gasteiger partial charge in [0.25, 0.3) is 0 Å². The van der Waals surface area contributed by atoms with Gasteiger partial charge in [0, 0.05) is 20.8 Å². The van der Waals surface area contributed by atoms with Crippen LogP contribution in [0.4, 0.5) is 0 Å². The largest absolute Gasteiger partial charge is 0.458 e. The standard InChI is InChI=1S/C13H18O6/c1-6-11(17-8(3)14)13(19-10(5)16)12(7-2)18-9(4)15/h1,11-13H,7H2,2-5H3/t11-,12-,13-/m0/s1. The normalized spacial score (nSPS) is 14.5. The Morgan fingerprint density at radius 3 is 1.79 bits per heavy atom. The van der Waals surface area contributed by atoms with Crippen LogP contribution in [0.5, 0.6) is 0 Å². The van der Waals surface area contributed by atoms with Gasteiger partial charge in [-0.1, -0.05) is 12.8 Å². The van der Waals surface area contributed by atoms with Crippen LogP contribution in [0.25, 0.3) is 0 Å². The molecule has 0 saturated carbocycles. The van der Waals surface area contributed by atoms with Gasteiger partial charge in [-0.25, -0.2) is 0 Å². The number of carbonyl (C=O) groups excluding carboxylic acids is 3. The molecule has 0 saturated heterocycles. The van der Waals surface area contributed by atoms with Gasteiger partial charge in [-0.05, 0) is 6.42 Å². The lowest BCUT2D eigenvalue weighted by molar-refractivity contribution is -0.178. The summed E-state index contributed by atoms with van der Waals surface area (Å²) in [6.07, 6.45) is 2.71. The molecule has 19 heavy (non-hydrogen) atoms. The number of carbonyl (C=O) groups is 3. The van der Waals surface area contributed by atoms with E-state index in [1.165, 1.54) is 20.8 Å². The van der Waals surface area contributed by atoms with Gasteiger partial charge in [0.05, 0.1) is 0 Å². The minimum absolute atomic E-state index is 0.358. The lowest BCUT2D eigenvalue weighted by Gasteiger charge is -2.28. The van der Waals surface area contributed by atoms with Gasteiger partial charge in [-0.15, -0.1) is 6.42 Å². The van der Waals surface area contributed by atoms with Crippen LogP contribution >= 0.6 is 0 Å².